The number of hydrogen-bond donors (Lipinski definition) is 1. The number of benzene rings is 1. The number of anilines is 1. The number of piperidine rings is 1. The van der Waals surface area contributed by atoms with Crippen LogP contribution < -0.4 is 10.2 Å². The zero-order chi connectivity index (χ0) is 18.8. The van der Waals surface area contributed by atoms with Crippen LogP contribution in [0.1, 0.15) is 45.6 Å². The molecule has 1 aromatic carbocycles. The molecule has 0 bridgehead atoms. The first-order valence-corrected chi connectivity index (χ1v) is 9.38. The van der Waals surface area contributed by atoms with Gasteiger partial charge in [-0.15, -0.1) is 0 Å². The van der Waals surface area contributed by atoms with Crippen molar-refractivity contribution in [2.45, 2.75) is 64.6 Å². The first kappa shape index (κ1) is 18.4. The highest BCUT2D eigenvalue weighted by Crippen LogP contribution is 2.32. The van der Waals surface area contributed by atoms with E-state index in [1.54, 1.807) is 6.92 Å². The van der Waals surface area contributed by atoms with Crippen LogP contribution in [0, 0.1) is 0 Å². The molecular formula is C20H27N3O3. The molecule has 2 heterocycles. The quantitative estimate of drug-likeness (QED) is 0.898. The molecule has 0 aromatic heterocycles. The van der Waals surface area contributed by atoms with E-state index in [1.165, 1.54) is 11.8 Å². The van der Waals surface area contributed by atoms with Crippen molar-refractivity contribution in [3.8, 4) is 0 Å². The maximum absolute atomic E-state index is 12.8. The van der Waals surface area contributed by atoms with Crippen molar-refractivity contribution in [1.29, 1.82) is 0 Å². The molecule has 2 aliphatic heterocycles. The number of nitrogens with one attached hydrogen (secondary N) is 1. The lowest BCUT2D eigenvalue weighted by Gasteiger charge is -2.35. The summed E-state index contributed by atoms with van der Waals surface area (Å²) in [6.07, 6.45) is 3.62. The minimum atomic E-state index is -0.598. The highest BCUT2D eigenvalue weighted by Gasteiger charge is 2.38. The molecule has 6 nitrogen and oxygen atoms in total. The molecule has 0 spiro atoms. The van der Waals surface area contributed by atoms with E-state index in [0.717, 1.165) is 37.1 Å². The van der Waals surface area contributed by atoms with Gasteiger partial charge in [0.2, 0.25) is 17.7 Å². The average Bonchev–Trinajstić information content (AvgIpc) is 3.01. The molecule has 26 heavy (non-hydrogen) atoms. The van der Waals surface area contributed by atoms with E-state index >= 15 is 0 Å². The summed E-state index contributed by atoms with van der Waals surface area (Å²) in [5.41, 5.74) is 1.76. The summed E-state index contributed by atoms with van der Waals surface area (Å²) < 4.78 is 0. The summed E-state index contributed by atoms with van der Waals surface area (Å²) in [6.45, 7) is 5.99. The fourth-order valence-electron chi connectivity index (χ4n) is 4.03. The van der Waals surface area contributed by atoms with Crippen LogP contribution >= 0.6 is 0 Å². The van der Waals surface area contributed by atoms with Crippen molar-refractivity contribution in [3.63, 3.8) is 0 Å². The highest BCUT2D eigenvalue weighted by molar-refractivity contribution is 6.03. The van der Waals surface area contributed by atoms with Crippen molar-refractivity contribution in [3.05, 3.63) is 29.8 Å². The zero-order valence-electron chi connectivity index (χ0n) is 15.7. The Hall–Kier alpha value is -2.37. The lowest BCUT2D eigenvalue weighted by Crippen LogP contribution is -2.55. The third-order valence-corrected chi connectivity index (χ3v) is 5.43. The van der Waals surface area contributed by atoms with Gasteiger partial charge in [-0.1, -0.05) is 18.2 Å². The largest absolute Gasteiger partial charge is 0.343 e. The van der Waals surface area contributed by atoms with Crippen LogP contribution in [0.3, 0.4) is 0 Å². The maximum atomic E-state index is 12.8. The van der Waals surface area contributed by atoms with E-state index < -0.39 is 12.1 Å². The second kappa shape index (κ2) is 7.48. The van der Waals surface area contributed by atoms with Gasteiger partial charge in [0.1, 0.15) is 12.1 Å². The molecular weight excluding hydrogens is 330 g/mol. The van der Waals surface area contributed by atoms with Crippen LogP contribution in [0.25, 0.3) is 0 Å². The predicted octanol–water partition coefficient (Wildman–Crippen LogP) is 1.87. The number of amides is 3. The molecule has 2 aliphatic rings. The number of hydrogen-bond acceptors (Lipinski definition) is 3. The Morgan fingerprint density at radius 1 is 1.19 bits per heavy atom. The van der Waals surface area contributed by atoms with Gasteiger partial charge in [0.15, 0.2) is 0 Å². The van der Waals surface area contributed by atoms with E-state index in [9.17, 15) is 14.4 Å². The molecule has 0 radical (unpaired) electrons. The summed E-state index contributed by atoms with van der Waals surface area (Å²) >= 11 is 0. The van der Waals surface area contributed by atoms with Crippen LogP contribution in [-0.4, -0.2) is 47.3 Å². The first-order chi connectivity index (χ1) is 12.4. The van der Waals surface area contributed by atoms with E-state index in [2.05, 4.69) is 12.2 Å². The number of carbonyl (C=O) groups excluding carboxylic acids is 3. The Labute approximate surface area is 154 Å². The van der Waals surface area contributed by atoms with Gasteiger partial charge in [-0.2, -0.15) is 0 Å². The third kappa shape index (κ3) is 3.45. The highest BCUT2D eigenvalue weighted by atomic mass is 16.2. The smallest absolute Gasteiger partial charge is 0.245 e. The van der Waals surface area contributed by atoms with Gasteiger partial charge in [-0.3, -0.25) is 19.3 Å². The van der Waals surface area contributed by atoms with Crippen LogP contribution in [0.4, 0.5) is 5.69 Å². The zero-order valence-corrected chi connectivity index (χ0v) is 15.7. The lowest BCUT2D eigenvalue weighted by molar-refractivity contribution is -0.139. The lowest BCUT2D eigenvalue weighted by atomic mass is 10.0. The molecule has 0 aliphatic carbocycles. The molecule has 1 aromatic rings. The van der Waals surface area contributed by atoms with E-state index in [-0.39, 0.29) is 23.8 Å². The molecule has 140 valence electrons. The van der Waals surface area contributed by atoms with Gasteiger partial charge in [0.25, 0.3) is 0 Å². The van der Waals surface area contributed by atoms with Gasteiger partial charge in [-0.05, 0) is 44.7 Å². The second-order valence-electron chi connectivity index (χ2n) is 7.34. The number of nitrogens with zero attached hydrogens (tertiary/aromatic N) is 2. The van der Waals surface area contributed by atoms with Crippen LogP contribution in [0.15, 0.2) is 24.3 Å². The van der Waals surface area contributed by atoms with Gasteiger partial charge in [0, 0.05) is 31.6 Å². The van der Waals surface area contributed by atoms with Crippen molar-refractivity contribution >= 4 is 23.4 Å². The average molecular weight is 357 g/mol. The minimum absolute atomic E-state index is 0.0459. The summed E-state index contributed by atoms with van der Waals surface area (Å²) in [7, 11) is 0. The summed E-state index contributed by atoms with van der Waals surface area (Å²) in [4.78, 5) is 41.1. The van der Waals surface area contributed by atoms with Crippen molar-refractivity contribution in [1.82, 2.24) is 10.2 Å². The van der Waals surface area contributed by atoms with Crippen molar-refractivity contribution in [2.75, 3.05) is 11.4 Å². The SMILES string of the molecule is CC(=O)N1c2ccccc2C[C@H]1C(=O)NC(C)C(=O)N1CCCCC1C. The van der Waals surface area contributed by atoms with Crippen molar-refractivity contribution in [2.24, 2.45) is 0 Å². The second-order valence-corrected chi connectivity index (χ2v) is 7.34. The van der Waals surface area contributed by atoms with Gasteiger partial charge >= 0.3 is 0 Å². The predicted molar refractivity (Wildman–Crippen MR) is 99.7 cm³/mol. The molecule has 3 amide bonds. The molecule has 2 unspecified atom stereocenters. The Kier molecular flexibility index (Phi) is 5.30. The molecule has 6 heteroatoms. The van der Waals surface area contributed by atoms with E-state index in [0.29, 0.717) is 6.42 Å². The van der Waals surface area contributed by atoms with Gasteiger partial charge in [0.05, 0.1) is 0 Å². The normalized spacial score (nSPS) is 23.3. The molecule has 3 rings (SSSR count). The van der Waals surface area contributed by atoms with E-state index in [1.807, 2.05) is 29.2 Å². The Balaban J connectivity index is 1.69. The summed E-state index contributed by atoms with van der Waals surface area (Å²) in [5, 5.41) is 2.84. The third-order valence-electron chi connectivity index (χ3n) is 5.43. The maximum Gasteiger partial charge on any atom is 0.245 e. The minimum Gasteiger partial charge on any atom is -0.343 e. The molecule has 0 saturated carbocycles. The summed E-state index contributed by atoms with van der Waals surface area (Å²) in [5.74, 6) is -0.490. The Morgan fingerprint density at radius 3 is 2.62 bits per heavy atom. The summed E-state index contributed by atoms with van der Waals surface area (Å²) in [6, 6.07) is 6.57. The first-order valence-electron chi connectivity index (χ1n) is 9.38. The molecule has 1 fully saturated rings. The van der Waals surface area contributed by atoms with Crippen LogP contribution in [-0.2, 0) is 20.8 Å². The number of fused-ring (bicyclic) bond motifs is 1. The topological polar surface area (TPSA) is 69.7 Å². The van der Waals surface area contributed by atoms with Crippen LogP contribution in [0.5, 0.6) is 0 Å². The van der Waals surface area contributed by atoms with Gasteiger partial charge < -0.3 is 10.2 Å². The molecule has 3 atom stereocenters. The van der Waals surface area contributed by atoms with Gasteiger partial charge in [-0.25, -0.2) is 0 Å². The number of rotatable bonds is 3. The van der Waals surface area contributed by atoms with E-state index in [4.69, 9.17) is 0 Å². The monoisotopic (exact) mass is 357 g/mol. The standard InChI is InChI=1S/C20H27N3O3/c1-13-8-6-7-11-22(13)20(26)14(2)21-19(25)18-12-16-9-4-5-10-17(16)23(18)15(3)24/h4-5,9-10,13-14,18H,6-8,11-12H2,1-3H3,(H,21,25)/t13?,14?,18-/m0/s1. The number of carbonyl (C=O) groups is 3. The molecule has 1 N–H and O–H groups in total. The molecule has 1 saturated heterocycles. The Bertz CT molecular complexity index is 718. The number of para-hydroxylation sites is 1. The van der Waals surface area contributed by atoms with Crippen LogP contribution in [0.2, 0.25) is 0 Å². The fraction of sp³-hybridized carbons (Fsp3) is 0.550. The number of likely N-dealkylation sites (tertiary alicyclic amines) is 1. The fourth-order valence-corrected chi connectivity index (χ4v) is 4.03. The van der Waals surface area contributed by atoms with Crippen molar-refractivity contribution < 1.29 is 14.4 Å². The Morgan fingerprint density at radius 2 is 1.92 bits per heavy atom.